The van der Waals surface area contributed by atoms with E-state index in [9.17, 15) is 9.18 Å². The second kappa shape index (κ2) is 9.21. The first kappa shape index (κ1) is 21.0. The smallest absolute Gasteiger partial charge is 0.286 e. The maximum atomic E-state index is 14.3. The molecule has 0 bridgehead atoms. The number of nitrogens with two attached hydrogens (primary N) is 1. The lowest BCUT2D eigenvalue weighted by atomic mass is 10.2. The van der Waals surface area contributed by atoms with E-state index in [-0.39, 0.29) is 27.4 Å². The molecule has 0 unspecified atom stereocenters. The molecule has 10 heteroatoms. The van der Waals surface area contributed by atoms with Crippen molar-refractivity contribution in [3.05, 3.63) is 52.0 Å². The first-order chi connectivity index (χ1) is 13.9. The minimum Gasteiger partial charge on any atom is -0.490 e. The number of fused-ring (bicyclic) bond motifs is 1. The van der Waals surface area contributed by atoms with Gasteiger partial charge in [0.1, 0.15) is 24.0 Å². The highest BCUT2D eigenvalue weighted by molar-refractivity contribution is 6.42. The zero-order valence-electron chi connectivity index (χ0n) is 15.3. The number of rotatable bonds is 8. The lowest BCUT2D eigenvalue weighted by Crippen LogP contribution is -2.16. The Labute approximate surface area is 175 Å². The summed E-state index contributed by atoms with van der Waals surface area (Å²) in [6, 6.07) is 8.46. The van der Waals surface area contributed by atoms with Crippen LogP contribution in [0, 0.1) is 11.9 Å². The number of hydrogen-bond acceptors (Lipinski definition) is 6. The number of nitrogens with one attached hydrogen (secondary N) is 1. The SMILES string of the molecule is CCOCCOc1[c]cc2c(Nc3cc(Cl)c(Cl)cc3F)nc(C(N)=O)nc2c1. The lowest BCUT2D eigenvalue weighted by molar-refractivity contribution is 0.0991. The molecule has 0 saturated carbocycles. The summed E-state index contributed by atoms with van der Waals surface area (Å²) >= 11 is 11.8. The molecule has 1 radical (unpaired) electrons. The van der Waals surface area contributed by atoms with Gasteiger partial charge >= 0.3 is 0 Å². The van der Waals surface area contributed by atoms with E-state index in [4.69, 9.17) is 38.4 Å². The highest BCUT2D eigenvalue weighted by Crippen LogP contribution is 2.32. The quantitative estimate of drug-likeness (QED) is 0.405. The monoisotopic (exact) mass is 437 g/mol. The molecule has 3 aromatic rings. The third-order valence-corrected chi connectivity index (χ3v) is 4.50. The Morgan fingerprint density at radius 3 is 2.72 bits per heavy atom. The first-order valence-corrected chi connectivity index (χ1v) is 9.30. The van der Waals surface area contributed by atoms with Gasteiger partial charge in [0, 0.05) is 24.1 Å². The maximum Gasteiger partial charge on any atom is 0.286 e. The summed E-state index contributed by atoms with van der Waals surface area (Å²) in [5.41, 5.74) is 5.72. The van der Waals surface area contributed by atoms with Crippen LogP contribution in [-0.4, -0.2) is 35.7 Å². The van der Waals surface area contributed by atoms with E-state index in [1.54, 1.807) is 12.1 Å². The van der Waals surface area contributed by atoms with Crippen molar-refractivity contribution in [2.24, 2.45) is 5.73 Å². The largest absolute Gasteiger partial charge is 0.490 e. The number of ether oxygens (including phenoxy) is 2. The molecule has 0 spiro atoms. The van der Waals surface area contributed by atoms with Gasteiger partial charge in [0.05, 0.1) is 27.9 Å². The number of nitrogens with zero attached hydrogens (tertiary/aromatic N) is 2. The fourth-order valence-corrected chi connectivity index (χ4v) is 2.75. The Morgan fingerprint density at radius 1 is 1.24 bits per heavy atom. The molecule has 2 aromatic carbocycles. The number of carbonyl (C=O) groups is 1. The van der Waals surface area contributed by atoms with E-state index in [1.807, 2.05) is 6.92 Å². The Morgan fingerprint density at radius 2 is 2.00 bits per heavy atom. The molecule has 0 saturated heterocycles. The van der Waals surface area contributed by atoms with Gasteiger partial charge in [0.15, 0.2) is 0 Å². The minimum atomic E-state index is -0.837. The Kier molecular flexibility index (Phi) is 6.68. The Bertz CT molecular complexity index is 1070. The molecule has 151 valence electrons. The molecule has 29 heavy (non-hydrogen) atoms. The van der Waals surface area contributed by atoms with Crippen LogP contribution in [0.2, 0.25) is 10.0 Å². The van der Waals surface area contributed by atoms with E-state index in [1.165, 1.54) is 6.07 Å². The second-order valence-corrected chi connectivity index (χ2v) is 6.59. The average molecular weight is 438 g/mol. The van der Waals surface area contributed by atoms with Crippen LogP contribution in [0.1, 0.15) is 17.5 Å². The van der Waals surface area contributed by atoms with Crippen LogP contribution in [0.25, 0.3) is 10.9 Å². The van der Waals surface area contributed by atoms with Crippen molar-refractivity contribution in [1.82, 2.24) is 9.97 Å². The summed E-state index contributed by atoms with van der Waals surface area (Å²) in [6.45, 7) is 3.21. The van der Waals surface area contributed by atoms with Crippen molar-refractivity contribution >= 4 is 51.5 Å². The number of amides is 1. The predicted octanol–water partition coefficient (Wildman–Crippen LogP) is 4.13. The fraction of sp³-hybridized carbons (Fsp3) is 0.211. The van der Waals surface area contributed by atoms with Gasteiger partial charge in [-0.25, -0.2) is 14.4 Å². The summed E-state index contributed by atoms with van der Waals surface area (Å²) in [5, 5.41) is 3.50. The number of aromatic nitrogens is 2. The van der Waals surface area contributed by atoms with Crippen LogP contribution in [0.3, 0.4) is 0 Å². The zero-order valence-corrected chi connectivity index (χ0v) is 16.8. The Balaban J connectivity index is 1.99. The maximum absolute atomic E-state index is 14.3. The van der Waals surface area contributed by atoms with Crippen molar-refractivity contribution < 1.29 is 18.7 Å². The van der Waals surface area contributed by atoms with Crippen molar-refractivity contribution in [1.29, 1.82) is 0 Å². The van der Waals surface area contributed by atoms with Crippen LogP contribution in [0.15, 0.2) is 24.3 Å². The summed E-state index contributed by atoms with van der Waals surface area (Å²) in [7, 11) is 0. The van der Waals surface area contributed by atoms with Crippen LogP contribution in [-0.2, 0) is 4.74 Å². The number of anilines is 2. The third-order valence-electron chi connectivity index (χ3n) is 3.77. The van der Waals surface area contributed by atoms with Gasteiger partial charge in [-0.15, -0.1) is 0 Å². The van der Waals surface area contributed by atoms with Gasteiger partial charge in [-0.3, -0.25) is 4.79 Å². The van der Waals surface area contributed by atoms with Gasteiger partial charge < -0.3 is 20.5 Å². The number of halogens is 3. The van der Waals surface area contributed by atoms with Gasteiger partial charge in [0.25, 0.3) is 5.91 Å². The molecule has 1 amide bonds. The highest BCUT2D eigenvalue weighted by atomic mass is 35.5. The molecule has 1 aromatic heterocycles. The summed E-state index contributed by atoms with van der Waals surface area (Å²) in [5.74, 6) is -1.18. The van der Waals surface area contributed by atoms with Gasteiger partial charge in [-0.1, -0.05) is 23.2 Å². The molecule has 0 atom stereocenters. The van der Waals surface area contributed by atoms with Crippen LogP contribution in [0.5, 0.6) is 5.75 Å². The normalized spacial score (nSPS) is 10.9. The molecule has 0 aliphatic heterocycles. The predicted molar refractivity (Wildman–Crippen MR) is 109 cm³/mol. The van der Waals surface area contributed by atoms with E-state index in [0.29, 0.717) is 36.5 Å². The first-order valence-electron chi connectivity index (χ1n) is 8.54. The van der Waals surface area contributed by atoms with Gasteiger partial charge in [-0.05, 0) is 25.1 Å². The molecule has 0 aliphatic rings. The van der Waals surface area contributed by atoms with E-state index in [2.05, 4.69) is 21.4 Å². The molecular weight excluding hydrogens is 422 g/mol. The topological polar surface area (TPSA) is 99.4 Å². The third kappa shape index (κ3) is 5.03. The van der Waals surface area contributed by atoms with Crippen LogP contribution in [0.4, 0.5) is 15.9 Å². The number of primary amides is 1. The van der Waals surface area contributed by atoms with Crippen LogP contribution >= 0.6 is 23.2 Å². The molecular formula is C19H16Cl2FN4O3. The highest BCUT2D eigenvalue weighted by Gasteiger charge is 2.15. The summed E-state index contributed by atoms with van der Waals surface area (Å²) in [6.07, 6.45) is 0. The summed E-state index contributed by atoms with van der Waals surface area (Å²) in [4.78, 5) is 19.9. The van der Waals surface area contributed by atoms with E-state index in [0.717, 1.165) is 6.07 Å². The van der Waals surface area contributed by atoms with Crippen molar-refractivity contribution in [2.45, 2.75) is 6.92 Å². The Hall–Kier alpha value is -2.68. The van der Waals surface area contributed by atoms with Crippen LogP contribution < -0.4 is 15.8 Å². The minimum absolute atomic E-state index is 0.0202. The molecule has 3 rings (SSSR count). The zero-order chi connectivity index (χ0) is 21.0. The van der Waals surface area contributed by atoms with Crippen molar-refractivity contribution in [3.63, 3.8) is 0 Å². The molecule has 1 heterocycles. The molecule has 0 aliphatic carbocycles. The fourth-order valence-electron chi connectivity index (χ4n) is 2.44. The molecule has 3 N–H and O–H groups in total. The standard InChI is InChI=1S/C19H16Cl2FN4O3/c1-2-28-5-6-29-10-3-4-11-15(7-10)24-19(17(23)27)26-18(11)25-16-9-13(21)12(20)8-14(16)22/h4,7-9H,2,5-6H2,1H3,(H2,23,27)(H,24,25,26). The van der Waals surface area contributed by atoms with E-state index >= 15 is 0 Å². The number of benzene rings is 2. The van der Waals surface area contributed by atoms with Gasteiger partial charge in [-0.2, -0.15) is 0 Å². The molecule has 7 nitrogen and oxygen atoms in total. The molecule has 0 fully saturated rings. The average Bonchev–Trinajstić information content (AvgIpc) is 2.69. The van der Waals surface area contributed by atoms with Crippen molar-refractivity contribution in [2.75, 3.05) is 25.1 Å². The summed E-state index contributed by atoms with van der Waals surface area (Å²) < 4.78 is 25.0. The van der Waals surface area contributed by atoms with Crippen molar-refractivity contribution in [3.8, 4) is 5.75 Å². The number of hydrogen-bond donors (Lipinski definition) is 2. The number of carbonyl (C=O) groups excluding carboxylic acids is 1. The lowest BCUT2D eigenvalue weighted by Gasteiger charge is -2.12. The second-order valence-electron chi connectivity index (χ2n) is 5.77. The van der Waals surface area contributed by atoms with E-state index < -0.39 is 11.7 Å². The van der Waals surface area contributed by atoms with Gasteiger partial charge in [0.2, 0.25) is 5.82 Å².